The molecule has 3 aliphatic heterocycles. The fourth-order valence-corrected chi connectivity index (χ4v) is 6.84. The van der Waals surface area contributed by atoms with Crippen LogP contribution in [0.15, 0.2) is 30.5 Å². The molecule has 1 aromatic carbocycles. The molecule has 2 saturated heterocycles. The molecule has 12 heteroatoms. The van der Waals surface area contributed by atoms with E-state index in [1.165, 1.54) is 0 Å². The largest absolute Gasteiger partial charge is 0.479 e. The van der Waals surface area contributed by atoms with Gasteiger partial charge >= 0.3 is 5.97 Å². The third-order valence-electron chi connectivity index (χ3n) is 9.19. The molecule has 1 aromatic heterocycles. The van der Waals surface area contributed by atoms with E-state index < -0.39 is 42.5 Å². The Labute approximate surface area is 268 Å². The normalized spacial score (nSPS) is 33.3. The molecule has 0 radical (unpaired) electrons. The van der Waals surface area contributed by atoms with Crippen molar-refractivity contribution in [1.29, 1.82) is 0 Å². The number of ether oxygens (including phenoxy) is 4. The molecule has 2 fully saturated rings. The summed E-state index contributed by atoms with van der Waals surface area (Å²) in [6.45, 7) is 10.2. The van der Waals surface area contributed by atoms with Gasteiger partial charge < -0.3 is 44.7 Å². The minimum Gasteiger partial charge on any atom is -0.479 e. The first-order chi connectivity index (χ1) is 21.3. The third kappa shape index (κ3) is 7.40. The topological polar surface area (TPSA) is 160 Å². The van der Waals surface area contributed by atoms with Crippen LogP contribution in [0.25, 0.3) is 0 Å². The van der Waals surface area contributed by atoms with Gasteiger partial charge in [0.05, 0.1) is 11.6 Å². The summed E-state index contributed by atoms with van der Waals surface area (Å²) in [6.07, 6.45) is -1.84. The molecule has 3 aliphatic rings. The zero-order valence-corrected chi connectivity index (χ0v) is 27.0. The van der Waals surface area contributed by atoms with E-state index in [0.717, 1.165) is 56.3 Å². The highest BCUT2D eigenvalue weighted by Gasteiger charge is 2.48. The Kier molecular flexibility index (Phi) is 10.3. The van der Waals surface area contributed by atoms with Gasteiger partial charge in [-0.2, -0.15) is 0 Å². The van der Waals surface area contributed by atoms with Gasteiger partial charge in [-0.05, 0) is 66.8 Å². The van der Waals surface area contributed by atoms with E-state index in [4.69, 9.17) is 30.5 Å². The zero-order valence-electron chi connectivity index (χ0n) is 26.2. The van der Waals surface area contributed by atoms with Gasteiger partial charge in [0, 0.05) is 25.2 Å². The summed E-state index contributed by atoms with van der Waals surface area (Å²) in [4.78, 5) is 16.1. The summed E-state index contributed by atoms with van der Waals surface area (Å²) < 4.78 is 24.4. The van der Waals surface area contributed by atoms with Crippen LogP contribution in [0.1, 0.15) is 82.5 Å². The van der Waals surface area contributed by atoms with E-state index in [9.17, 15) is 25.2 Å². The molecule has 2 aromatic rings. The highest BCUT2D eigenvalue weighted by atomic mass is 35.5. The van der Waals surface area contributed by atoms with Crippen molar-refractivity contribution in [2.75, 3.05) is 13.1 Å². The standard InChI is InChI=1S/C33H45ClN2O9/c1-18(2)6-5-12-32(3)14-19(11-13-35-17-32)24-20(16-42-31-27(39)25(37)26(38)29(43-31)30(40)41)7-9-22-28(24)45-33(4,44-22)23-10-8-21(34)15-36-23/h7-10,15,18-19,25-27,29,31,35,37-39H,5-6,11-14,16-17H2,1-4H3,(H,40,41)/t19?,25-,26-,27+,29-,31+,32-,33-/m0/s1. The molecule has 45 heavy (non-hydrogen) atoms. The number of hydrogen-bond donors (Lipinski definition) is 5. The maximum absolute atomic E-state index is 11.6. The second-order valence-corrected chi connectivity index (χ2v) is 13.9. The first-order valence-electron chi connectivity index (χ1n) is 15.7. The van der Waals surface area contributed by atoms with Crippen LogP contribution in [0.3, 0.4) is 0 Å². The minimum atomic E-state index is -1.80. The van der Waals surface area contributed by atoms with Crippen molar-refractivity contribution >= 4 is 17.6 Å². The lowest BCUT2D eigenvalue weighted by Gasteiger charge is -2.38. The van der Waals surface area contributed by atoms with Gasteiger partial charge in [0.2, 0.25) is 0 Å². The van der Waals surface area contributed by atoms with E-state index in [1.54, 1.807) is 31.3 Å². The van der Waals surface area contributed by atoms with Crippen LogP contribution in [-0.4, -0.2) is 75.2 Å². The minimum absolute atomic E-state index is 0.0229. The molecule has 1 unspecified atom stereocenters. The van der Waals surface area contributed by atoms with E-state index in [0.29, 0.717) is 28.1 Å². The Hall–Kier alpha value is -2.51. The number of aliphatic hydroxyl groups excluding tert-OH is 3. The predicted octanol–water partition coefficient (Wildman–Crippen LogP) is 4.09. The second kappa shape index (κ2) is 13.7. The number of rotatable bonds is 10. The van der Waals surface area contributed by atoms with Gasteiger partial charge in [-0.3, -0.25) is 4.98 Å². The van der Waals surface area contributed by atoms with Crippen molar-refractivity contribution in [3.8, 4) is 11.5 Å². The number of benzene rings is 1. The monoisotopic (exact) mass is 648 g/mol. The molecule has 248 valence electrons. The summed E-state index contributed by atoms with van der Waals surface area (Å²) in [5.41, 5.74) is 2.24. The summed E-state index contributed by atoms with van der Waals surface area (Å²) in [7, 11) is 0. The van der Waals surface area contributed by atoms with E-state index >= 15 is 0 Å². The zero-order chi connectivity index (χ0) is 32.5. The summed E-state index contributed by atoms with van der Waals surface area (Å²) in [5, 5.41) is 44.6. The van der Waals surface area contributed by atoms with E-state index in [2.05, 4.69) is 31.1 Å². The van der Waals surface area contributed by atoms with Gasteiger partial charge in [-0.15, -0.1) is 0 Å². The number of halogens is 1. The molecular weight excluding hydrogens is 604 g/mol. The van der Waals surface area contributed by atoms with Crippen LogP contribution in [-0.2, 0) is 26.7 Å². The molecule has 0 spiro atoms. The molecule has 0 aliphatic carbocycles. The number of hydrogen-bond acceptors (Lipinski definition) is 10. The van der Waals surface area contributed by atoms with Crippen molar-refractivity contribution in [1.82, 2.24) is 10.3 Å². The number of aromatic nitrogens is 1. The lowest BCUT2D eigenvalue weighted by Crippen LogP contribution is -2.60. The number of carbonyl (C=O) groups is 1. The molecule has 0 amide bonds. The SMILES string of the molecule is CC(C)CCC[C@]1(C)CNCCC(c2c(CO[C@@H]3O[C@H](C(=O)O)[C@@H](O)[C@H](O)[C@H]3O)ccc3c2O[C@@](C)(c2ccc(Cl)cn2)O3)C1. The molecule has 8 atom stereocenters. The summed E-state index contributed by atoms with van der Waals surface area (Å²) in [5.74, 6) is -0.850. The summed E-state index contributed by atoms with van der Waals surface area (Å²) in [6, 6.07) is 7.17. The predicted molar refractivity (Wildman–Crippen MR) is 165 cm³/mol. The molecule has 0 bridgehead atoms. The fourth-order valence-electron chi connectivity index (χ4n) is 6.72. The highest BCUT2D eigenvalue weighted by Crippen LogP contribution is 2.52. The molecule has 11 nitrogen and oxygen atoms in total. The number of nitrogens with one attached hydrogen (secondary N) is 1. The maximum Gasteiger partial charge on any atom is 0.335 e. The fraction of sp³-hybridized carbons (Fsp3) is 0.636. The lowest BCUT2D eigenvalue weighted by atomic mass is 9.74. The van der Waals surface area contributed by atoms with Crippen molar-refractivity contribution in [3.63, 3.8) is 0 Å². The molecule has 0 saturated carbocycles. The molecule has 5 rings (SSSR count). The first-order valence-corrected chi connectivity index (χ1v) is 16.1. The van der Waals surface area contributed by atoms with Gasteiger partial charge in [0.25, 0.3) is 5.79 Å². The van der Waals surface area contributed by atoms with Gasteiger partial charge in [0.15, 0.2) is 23.9 Å². The van der Waals surface area contributed by atoms with Gasteiger partial charge in [-0.25, -0.2) is 4.79 Å². The Balaban J connectivity index is 1.47. The second-order valence-electron chi connectivity index (χ2n) is 13.5. The number of aliphatic hydroxyl groups is 3. The van der Waals surface area contributed by atoms with Crippen molar-refractivity contribution in [2.24, 2.45) is 11.3 Å². The van der Waals surface area contributed by atoms with Gasteiger partial charge in [-0.1, -0.05) is 51.3 Å². The van der Waals surface area contributed by atoms with Gasteiger partial charge in [0.1, 0.15) is 24.0 Å². The van der Waals surface area contributed by atoms with Crippen LogP contribution >= 0.6 is 11.6 Å². The Bertz CT molecular complexity index is 1340. The third-order valence-corrected chi connectivity index (χ3v) is 9.41. The van der Waals surface area contributed by atoms with Crippen molar-refractivity contribution in [2.45, 2.75) is 109 Å². The van der Waals surface area contributed by atoms with E-state index in [1.807, 2.05) is 6.07 Å². The van der Waals surface area contributed by atoms with Crippen LogP contribution in [0, 0.1) is 11.3 Å². The molecule has 4 heterocycles. The average molecular weight is 649 g/mol. The number of pyridine rings is 1. The smallest absolute Gasteiger partial charge is 0.335 e. The summed E-state index contributed by atoms with van der Waals surface area (Å²) >= 11 is 6.09. The van der Waals surface area contributed by atoms with Crippen molar-refractivity contribution in [3.05, 3.63) is 52.3 Å². The van der Waals surface area contributed by atoms with Crippen LogP contribution in [0.4, 0.5) is 0 Å². The van der Waals surface area contributed by atoms with E-state index in [-0.39, 0.29) is 17.9 Å². The number of fused-ring (bicyclic) bond motifs is 1. The molecule has 5 N–H and O–H groups in total. The quantitative estimate of drug-likeness (QED) is 0.253. The highest BCUT2D eigenvalue weighted by molar-refractivity contribution is 6.30. The first kappa shape index (κ1) is 33.8. The number of carboxylic acid groups (broad SMARTS) is 1. The number of nitrogens with zero attached hydrogens (tertiary/aromatic N) is 1. The van der Waals surface area contributed by atoms with Crippen LogP contribution in [0.2, 0.25) is 5.02 Å². The van der Waals surface area contributed by atoms with Crippen LogP contribution in [0.5, 0.6) is 11.5 Å². The maximum atomic E-state index is 11.6. The average Bonchev–Trinajstić information content (AvgIpc) is 3.22. The number of carboxylic acids is 1. The Morgan fingerprint density at radius 1 is 1.13 bits per heavy atom. The molecular formula is C33H45ClN2O9. The Morgan fingerprint density at radius 3 is 2.60 bits per heavy atom. The van der Waals surface area contributed by atoms with Crippen molar-refractivity contribution < 1.29 is 44.2 Å². The lowest BCUT2D eigenvalue weighted by molar-refractivity contribution is -0.297. The Morgan fingerprint density at radius 2 is 1.91 bits per heavy atom. The van der Waals surface area contributed by atoms with Crippen LogP contribution < -0.4 is 14.8 Å². The number of aliphatic carboxylic acids is 1.